The van der Waals surface area contributed by atoms with Gasteiger partial charge >= 0.3 is 5.69 Å². The second-order valence-electron chi connectivity index (χ2n) is 8.64. The molecule has 1 aromatic heterocycles. The molecule has 3 aromatic rings. The first-order valence-corrected chi connectivity index (χ1v) is 11.3. The van der Waals surface area contributed by atoms with Crippen molar-refractivity contribution in [3.8, 4) is 0 Å². The van der Waals surface area contributed by atoms with Gasteiger partial charge in [0.25, 0.3) is 0 Å². The first-order valence-electron chi connectivity index (χ1n) is 11.3. The van der Waals surface area contributed by atoms with Crippen molar-refractivity contribution in [1.29, 1.82) is 0 Å². The Labute approximate surface area is 177 Å². The van der Waals surface area contributed by atoms with E-state index in [4.69, 9.17) is 4.99 Å². The Kier molecular flexibility index (Phi) is 5.43. The van der Waals surface area contributed by atoms with E-state index in [2.05, 4.69) is 34.6 Å². The number of rotatable bonds is 7. The molecule has 2 aliphatic rings. The number of aryl methyl sites for hydroxylation is 2. The van der Waals surface area contributed by atoms with Crippen molar-refractivity contribution in [2.75, 3.05) is 6.54 Å². The number of unbranched alkanes of at least 4 members (excludes halogenated alkanes) is 3. The summed E-state index contributed by atoms with van der Waals surface area (Å²) in [4.78, 5) is 19.9. The van der Waals surface area contributed by atoms with E-state index in [-0.39, 0.29) is 5.69 Å². The van der Waals surface area contributed by atoms with Gasteiger partial charge in [0.2, 0.25) is 0 Å². The lowest BCUT2D eigenvalue weighted by Gasteiger charge is -2.27. The molecular formula is C25H30N4O. The molecule has 5 nitrogen and oxygen atoms in total. The third-order valence-corrected chi connectivity index (χ3v) is 6.70. The molecule has 2 aromatic carbocycles. The van der Waals surface area contributed by atoms with Gasteiger partial charge in [-0.25, -0.2) is 4.79 Å². The maximum Gasteiger partial charge on any atom is 0.326 e. The molecule has 0 bridgehead atoms. The van der Waals surface area contributed by atoms with Gasteiger partial charge in [0.15, 0.2) is 0 Å². The number of hydrogen-bond donors (Lipinski definition) is 2. The van der Waals surface area contributed by atoms with Crippen LogP contribution in [0.5, 0.6) is 0 Å². The second kappa shape index (κ2) is 8.50. The zero-order chi connectivity index (χ0) is 20.3. The number of hydrogen-bond acceptors (Lipinski definition) is 2. The first kappa shape index (κ1) is 19.2. The fourth-order valence-corrected chi connectivity index (χ4v) is 5.15. The molecule has 0 spiro atoms. The predicted octanol–water partition coefficient (Wildman–Crippen LogP) is 4.38. The van der Waals surface area contributed by atoms with E-state index in [1.54, 1.807) is 0 Å². The van der Waals surface area contributed by atoms with E-state index in [1.165, 1.54) is 29.8 Å². The lowest BCUT2D eigenvalue weighted by atomic mass is 9.80. The number of H-pyrrole nitrogens is 1. The second-order valence-corrected chi connectivity index (χ2v) is 8.64. The molecule has 1 aliphatic heterocycles. The molecular weight excluding hydrogens is 372 g/mol. The Morgan fingerprint density at radius 1 is 1.00 bits per heavy atom. The van der Waals surface area contributed by atoms with Crippen molar-refractivity contribution < 1.29 is 0 Å². The van der Waals surface area contributed by atoms with Crippen molar-refractivity contribution in [3.05, 3.63) is 70.1 Å². The molecule has 0 radical (unpaired) electrons. The minimum atomic E-state index is -0.00190. The number of imidazole rings is 1. The number of amidine groups is 1. The van der Waals surface area contributed by atoms with E-state index >= 15 is 0 Å². The number of para-hydroxylation sites is 2. The van der Waals surface area contributed by atoms with Gasteiger partial charge in [0, 0.05) is 31.5 Å². The maximum absolute atomic E-state index is 12.1. The van der Waals surface area contributed by atoms with Gasteiger partial charge in [0.1, 0.15) is 0 Å². The van der Waals surface area contributed by atoms with Gasteiger partial charge in [-0.15, -0.1) is 0 Å². The van der Waals surface area contributed by atoms with Crippen molar-refractivity contribution in [2.24, 2.45) is 4.99 Å². The SMILES string of the molecule is O=c1[nH]c2ccccc2n1CCCCCCN=C1CC2c3ccccc3CCC2N1. The van der Waals surface area contributed by atoms with Crippen molar-refractivity contribution in [3.63, 3.8) is 0 Å². The smallest absolute Gasteiger partial charge is 0.326 e. The first-order chi connectivity index (χ1) is 14.8. The van der Waals surface area contributed by atoms with Crippen LogP contribution in [0, 0.1) is 0 Å². The highest BCUT2D eigenvalue weighted by atomic mass is 16.1. The summed E-state index contributed by atoms with van der Waals surface area (Å²) in [5.41, 5.74) is 4.97. The minimum Gasteiger partial charge on any atom is -0.370 e. The van der Waals surface area contributed by atoms with Crippen LogP contribution in [0.25, 0.3) is 11.0 Å². The fourth-order valence-electron chi connectivity index (χ4n) is 5.15. The molecule has 1 saturated heterocycles. The van der Waals surface area contributed by atoms with E-state index in [0.29, 0.717) is 12.0 Å². The number of nitrogens with one attached hydrogen (secondary N) is 2. The molecule has 156 valence electrons. The molecule has 2 unspecified atom stereocenters. The number of nitrogens with zero attached hydrogens (tertiary/aromatic N) is 2. The Bertz CT molecular complexity index is 1110. The van der Waals surface area contributed by atoms with Gasteiger partial charge < -0.3 is 10.3 Å². The molecule has 2 heterocycles. The van der Waals surface area contributed by atoms with Crippen LogP contribution >= 0.6 is 0 Å². The standard InChI is InChI=1S/C25H30N4O/c30-25-28-22-11-5-6-12-23(22)29(25)16-8-2-1-7-15-26-24-17-20-19-10-4-3-9-18(19)13-14-21(20)27-24/h3-6,9-12,20-21H,1-2,7-8,13-17H2,(H,26,27)(H,28,30). The van der Waals surface area contributed by atoms with Crippen LogP contribution < -0.4 is 11.0 Å². The Balaban J connectivity index is 1.07. The van der Waals surface area contributed by atoms with Crippen molar-refractivity contribution >= 4 is 16.9 Å². The number of fused-ring (bicyclic) bond motifs is 4. The molecule has 5 rings (SSSR count). The third kappa shape index (κ3) is 3.81. The fraction of sp³-hybridized carbons (Fsp3) is 0.440. The lowest BCUT2D eigenvalue weighted by molar-refractivity contribution is 0.486. The van der Waals surface area contributed by atoms with Gasteiger partial charge in [0.05, 0.1) is 16.9 Å². The largest absolute Gasteiger partial charge is 0.370 e. The predicted molar refractivity (Wildman–Crippen MR) is 122 cm³/mol. The van der Waals surface area contributed by atoms with Crippen LogP contribution in [0.15, 0.2) is 58.3 Å². The highest BCUT2D eigenvalue weighted by Crippen LogP contribution is 2.37. The summed E-state index contributed by atoms with van der Waals surface area (Å²) in [5.74, 6) is 1.80. The van der Waals surface area contributed by atoms with Crippen molar-refractivity contribution in [1.82, 2.24) is 14.9 Å². The van der Waals surface area contributed by atoms with Crippen LogP contribution in [0.2, 0.25) is 0 Å². The summed E-state index contributed by atoms with van der Waals surface area (Å²) in [7, 11) is 0. The summed E-state index contributed by atoms with van der Waals surface area (Å²) in [6.07, 6.45) is 7.88. The zero-order valence-electron chi connectivity index (χ0n) is 17.4. The molecule has 1 fully saturated rings. The average molecular weight is 403 g/mol. The summed E-state index contributed by atoms with van der Waals surface area (Å²) < 4.78 is 1.86. The van der Waals surface area contributed by atoms with Crippen LogP contribution in [-0.4, -0.2) is 28.0 Å². The van der Waals surface area contributed by atoms with E-state index in [9.17, 15) is 4.79 Å². The topological polar surface area (TPSA) is 62.2 Å². The van der Waals surface area contributed by atoms with Crippen molar-refractivity contribution in [2.45, 2.75) is 63.5 Å². The highest BCUT2D eigenvalue weighted by molar-refractivity contribution is 5.86. The molecule has 5 heteroatoms. The number of aliphatic imine (C=N–C) groups is 1. The van der Waals surface area contributed by atoms with Crippen LogP contribution in [0.1, 0.15) is 55.6 Å². The monoisotopic (exact) mass is 402 g/mol. The van der Waals surface area contributed by atoms with Gasteiger partial charge in [-0.2, -0.15) is 0 Å². The summed E-state index contributed by atoms with van der Waals surface area (Å²) in [6.45, 7) is 1.68. The van der Waals surface area contributed by atoms with E-state index < -0.39 is 0 Å². The van der Waals surface area contributed by atoms with E-state index in [0.717, 1.165) is 56.2 Å². The van der Waals surface area contributed by atoms with Crippen LogP contribution in [0.3, 0.4) is 0 Å². The van der Waals surface area contributed by atoms with Crippen LogP contribution in [-0.2, 0) is 13.0 Å². The normalized spacial score (nSPS) is 21.5. The number of aromatic amines is 1. The zero-order valence-corrected chi connectivity index (χ0v) is 17.4. The molecule has 0 amide bonds. The summed E-state index contributed by atoms with van der Waals surface area (Å²) in [5, 5.41) is 3.69. The molecule has 1 aliphatic carbocycles. The molecule has 2 N–H and O–H groups in total. The van der Waals surface area contributed by atoms with Gasteiger partial charge in [-0.3, -0.25) is 9.56 Å². The highest BCUT2D eigenvalue weighted by Gasteiger charge is 2.35. The Morgan fingerprint density at radius 3 is 2.80 bits per heavy atom. The Hall–Kier alpha value is -2.82. The maximum atomic E-state index is 12.1. The number of aromatic nitrogens is 2. The molecule has 0 saturated carbocycles. The minimum absolute atomic E-state index is 0.00190. The molecule has 2 atom stereocenters. The lowest BCUT2D eigenvalue weighted by Crippen LogP contribution is -2.31. The van der Waals surface area contributed by atoms with Gasteiger partial charge in [-0.05, 0) is 48.9 Å². The van der Waals surface area contributed by atoms with Gasteiger partial charge in [-0.1, -0.05) is 49.2 Å². The quantitative estimate of drug-likeness (QED) is 0.576. The average Bonchev–Trinajstić information content (AvgIpc) is 3.33. The number of benzene rings is 2. The van der Waals surface area contributed by atoms with E-state index in [1.807, 2.05) is 28.8 Å². The summed E-state index contributed by atoms with van der Waals surface area (Å²) in [6, 6.07) is 17.4. The van der Waals surface area contributed by atoms with Crippen LogP contribution in [0.4, 0.5) is 0 Å². The Morgan fingerprint density at radius 2 is 1.83 bits per heavy atom. The summed E-state index contributed by atoms with van der Waals surface area (Å²) >= 11 is 0. The third-order valence-electron chi connectivity index (χ3n) is 6.70. The molecule has 30 heavy (non-hydrogen) atoms.